The molecule has 104 valence electrons. The van der Waals surface area contributed by atoms with Gasteiger partial charge in [0, 0.05) is 28.4 Å². The predicted molar refractivity (Wildman–Crippen MR) is 83.9 cm³/mol. The van der Waals surface area contributed by atoms with E-state index in [1.165, 1.54) is 35.3 Å². The van der Waals surface area contributed by atoms with Crippen molar-refractivity contribution < 1.29 is 0 Å². The highest BCUT2D eigenvalue weighted by Gasteiger charge is 2.27. The lowest BCUT2D eigenvalue weighted by molar-refractivity contribution is 0.501. The zero-order chi connectivity index (χ0) is 13.5. The number of aryl methyl sites for hydroxylation is 2. The quantitative estimate of drug-likeness (QED) is 0.905. The van der Waals surface area contributed by atoms with Gasteiger partial charge in [-0.05, 0) is 48.4 Å². The van der Waals surface area contributed by atoms with Gasteiger partial charge in [0.05, 0.1) is 0 Å². The standard InChI is InChI=1S/C17H20N2S/c18-15-9-16(14-6-2-1-5-13(14)15)19-10-12-8-11-4-3-7-17(11)20-12/h1-2,5-6,8,15-16,19H,3-4,7,9-10,18H2. The van der Waals surface area contributed by atoms with Crippen molar-refractivity contribution in [3.05, 3.63) is 56.8 Å². The van der Waals surface area contributed by atoms with Gasteiger partial charge in [-0.3, -0.25) is 0 Å². The summed E-state index contributed by atoms with van der Waals surface area (Å²) in [4.78, 5) is 3.10. The second-order valence-electron chi connectivity index (χ2n) is 5.92. The summed E-state index contributed by atoms with van der Waals surface area (Å²) in [6, 6.07) is 11.6. The summed E-state index contributed by atoms with van der Waals surface area (Å²) < 4.78 is 0. The molecule has 0 aliphatic heterocycles. The molecule has 0 saturated heterocycles. The lowest BCUT2D eigenvalue weighted by Gasteiger charge is -2.13. The molecule has 0 spiro atoms. The molecule has 3 heteroatoms. The van der Waals surface area contributed by atoms with E-state index in [1.807, 2.05) is 11.3 Å². The molecule has 0 radical (unpaired) electrons. The summed E-state index contributed by atoms with van der Waals surface area (Å²) >= 11 is 1.99. The van der Waals surface area contributed by atoms with E-state index < -0.39 is 0 Å². The molecule has 20 heavy (non-hydrogen) atoms. The van der Waals surface area contributed by atoms with E-state index in [2.05, 4.69) is 35.6 Å². The molecule has 1 heterocycles. The Balaban J connectivity index is 1.47. The lowest BCUT2D eigenvalue weighted by Crippen LogP contribution is -2.19. The summed E-state index contributed by atoms with van der Waals surface area (Å²) in [5, 5.41) is 3.70. The van der Waals surface area contributed by atoms with Crippen LogP contribution >= 0.6 is 11.3 Å². The van der Waals surface area contributed by atoms with Crippen molar-refractivity contribution in [2.45, 2.75) is 44.3 Å². The fourth-order valence-electron chi connectivity index (χ4n) is 3.57. The minimum Gasteiger partial charge on any atom is -0.324 e. The molecule has 2 unspecified atom stereocenters. The second-order valence-corrected chi connectivity index (χ2v) is 7.14. The first-order valence-electron chi connectivity index (χ1n) is 7.49. The topological polar surface area (TPSA) is 38.0 Å². The van der Waals surface area contributed by atoms with Crippen LogP contribution in [0.5, 0.6) is 0 Å². The van der Waals surface area contributed by atoms with Gasteiger partial charge >= 0.3 is 0 Å². The van der Waals surface area contributed by atoms with Crippen LogP contribution < -0.4 is 11.1 Å². The van der Waals surface area contributed by atoms with Crippen LogP contribution in [0.4, 0.5) is 0 Å². The third-order valence-electron chi connectivity index (χ3n) is 4.58. The summed E-state index contributed by atoms with van der Waals surface area (Å²) in [7, 11) is 0. The molecule has 0 bridgehead atoms. The Morgan fingerprint density at radius 3 is 2.90 bits per heavy atom. The fraction of sp³-hybridized carbons (Fsp3) is 0.412. The number of hydrogen-bond donors (Lipinski definition) is 2. The first kappa shape index (κ1) is 12.6. The van der Waals surface area contributed by atoms with Crippen molar-refractivity contribution in [1.29, 1.82) is 0 Å². The van der Waals surface area contributed by atoms with Gasteiger partial charge in [0.1, 0.15) is 0 Å². The zero-order valence-corrected chi connectivity index (χ0v) is 12.4. The van der Waals surface area contributed by atoms with Gasteiger partial charge in [0.15, 0.2) is 0 Å². The van der Waals surface area contributed by atoms with Crippen molar-refractivity contribution in [1.82, 2.24) is 5.32 Å². The van der Waals surface area contributed by atoms with E-state index in [4.69, 9.17) is 5.73 Å². The van der Waals surface area contributed by atoms with Gasteiger partial charge < -0.3 is 11.1 Å². The van der Waals surface area contributed by atoms with Crippen molar-refractivity contribution in [2.24, 2.45) is 5.73 Å². The number of benzene rings is 1. The third kappa shape index (κ3) is 2.10. The number of fused-ring (bicyclic) bond motifs is 2. The first-order chi connectivity index (χ1) is 9.81. The molecule has 1 aromatic heterocycles. The van der Waals surface area contributed by atoms with Crippen LogP contribution in [0.2, 0.25) is 0 Å². The van der Waals surface area contributed by atoms with Crippen molar-refractivity contribution in [2.75, 3.05) is 0 Å². The molecular formula is C17H20N2S. The van der Waals surface area contributed by atoms with Gasteiger partial charge in [0.2, 0.25) is 0 Å². The molecular weight excluding hydrogens is 264 g/mol. The Kier molecular flexibility index (Phi) is 3.14. The lowest BCUT2D eigenvalue weighted by atomic mass is 10.1. The van der Waals surface area contributed by atoms with Crippen molar-refractivity contribution in [3.8, 4) is 0 Å². The van der Waals surface area contributed by atoms with E-state index in [1.54, 1.807) is 10.4 Å². The third-order valence-corrected chi connectivity index (χ3v) is 5.82. The SMILES string of the molecule is NC1CC(NCc2cc3c(s2)CCC3)c2ccccc21. The number of nitrogens with two attached hydrogens (primary N) is 1. The Morgan fingerprint density at radius 2 is 2.05 bits per heavy atom. The summed E-state index contributed by atoms with van der Waals surface area (Å²) in [6.45, 7) is 0.976. The number of hydrogen-bond acceptors (Lipinski definition) is 3. The summed E-state index contributed by atoms with van der Waals surface area (Å²) in [5.74, 6) is 0. The monoisotopic (exact) mass is 284 g/mol. The van der Waals surface area contributed by atoms with Crippen LogP contribution in [0.15, 0.2) is 30.3 Å². The maximum Gasteiger partial charge on any atom is 0.0344 e. The highest BCUT2D eigenvalue weighted by atomic mass is 32.1. The fourth-order valence-corrected chi connectivity index (χ4v) is 4.78. The molecule has 2 aromatic rings. The molecule has 3 N–H and O–H groups in total. The minimum atomic E-state index is 0.192. The number of rotatable bonds is 3. The highest BCUT2D eigenvalue weighted by molar-refractivity contribution is 7.12. The van der Waals surface area contributed by atoms with Gasteiger partial charge in [0.25, 0.3) is 0 Å². The maximum absolute atomic E-state index is 6.23. The van der Waals surface area contributed by atoms with Crippen LogP contribution in [-0.4, -0.2) is 0 Å². The Labute approximate surface area is 124 Å². The van der Waals surface area contributed by atoms with Gasteiger partial charge in [-0.25, -0.2) is 0 Å². The van der Waals surface area contributed by atoms with Crippen LogP contribution in [0, 0.1) is 0 Å². The maximum atomic E-state index is 6.23. The van der Waals surface area contributed by atoms with Crippen LogP contribution in [-0.2, 0) is 19.4 Å². The van der Waals surface area contributed by atoms with Crippen molar-refractivity contribution >= 4 is 11.3 Å². The first-order valence-corrected chi connectivity index (χ1v) is 8.31. The smallest absolute Gasteiger partial charge is 0.0344 e. The van der Waals surface area contributed by atoms with E-state index >= 15 is 0 Å². The molecule has 4 rings (SSSR count). The summed E-state index contributed by atoms with van der Waals surface area (Å²) in [6.07, 6.45) is 4.93. The second kappa shape index (κ2) is 4.99. The molecule has 2 nitrogen and oxygen atoms in total. The van der Waals surface area contributed by atoms with Gasteiger partial charge in [-0.1, -0.05) is 24.3 Å². The van der Waals surface area contributed by atoms with E-state index in [0.717, 1.165) is 13.0 Å². The Hall–Kier alpha value is -1.16. The molecule has 0 saturated carbocycles. The van der Waals surface area contributed by atoms with E-state index in [9.17, 15) is 0 Å². The van der Waals surface area contributed by atoms with Crippen LogP contribution in [0.1, 0.15) is 51.4 Å². The average molecular weight is 284 g/mol. The van der Waals surface area contributed by atoms with Crippen LogP contribution in [0.3, 0.4) is 0 Å². The minimum absolute atomic E-state index is 0.192. The normalized spacial score (nSPS) is 23.9. The Morgan fingerprint density at radius 1 is 1.20 bits per heavy atom. The molecule has 2 atom stereocenters. The highest BCUT2D eigenvalue weighted by Crippen LogP contribution is 2.37. The molecule has 0 fully saturated rings. The molecule has 0 amide bonds. The van der Waals surface area contributed by atoms with Crippen molar-refractivity contribution in [3.63, 3.8) is 0 Å². The molecule has 2 aliphatic carbocycles. The molecule has 1 aromatic carbocycles. The molecule has 2 aliphatic rings. The number of nitrogens with one attached hydrogen (secondary N) is 1. The van der Waals surface area contributed by atoms with Crippen LogP contribution in [0.25, 0.3) is 0 Å². The average Bonchev–Trinajstić information content (AvgIpc) is 3.11. The van der Waals surface area contributed by atoms with E-state index in [-0.39, 0.29) is 6.04 Å². The zero-order valence-electron chi connectivity index (χ0n) is 11.6. The van der Waals surface area contributed by atoms with Gasteiger partial charge in [-0.2, -0.15) is 0 Å². The largest absolute Gasteiger partial charge is 0.324 e. The summed E-state index contributed by atoms with van der Waals surface area (Å²) in [5.41, 5.74) is 10.5. The van der Waals surface area contributed by atoms with E-state index in [0.29, 0.717) is 6.04 Å². The van der Waals surface area contributed by atoms with Gasteiger partial charge in [-0.15, -0.1) is 11.3 Å². The predicted octanol–water partition coefficient (Wildman–Crippen LogP) is 3.47. The Bertz CT molecular complexity index is 610. The number of thiophene rings is 1.